The highest BCUT2D eigenvalue weighted by Crippen LogP contribution is 2.23. The highest BCUT2D eigenvalue weighted by molar-refractivity contribution is 7.99. The molecule has 1 aromatic heterocycles. The van der Waals surface area contributed by atoms with E-state index in [1.54, 1.807) is 22.8 Å². The zero-order valence-corrected chi connectivity index (χ0v) is 20.2. The van der Waals surface area contributed by atoms with Gasteiger partial charge in [-0.3, -0.25) is 19.1 Å². The summed E-state index contributed by atoms with van der Waals surface area (Å²) in [5, 5.41) is 1.55. The molecule has 0 spiro atoms. The van der Waals surface area contributed by atoms with Crippen molar-refractivity contribution < 1.29 is 9.18 Å². The Morgan fingerprint density at radius 1 is 1.12 bits per heavy atom. The number of carbonyl (C=O) groups is 1. The molecule has 1 saturated heterocycles. The lowest BCUT2D eigenvalue weighted by atomic mass is 10.2. The molecule has 0 aliphatic carbocycles. The van der Waals surface area contributed by atoms with Crippen molar-refractivity contribution in [3.05, 3.63) is 69.2 Å². The van der Waals surface area contributed by atoms with Crippen molar-refractivity contribution in [1.29, 1.82) is 0 Å². The first-order valence-electron chi connectivity index (χ1n) is 10.9. The first-order chi connectivity index (χ1) is 15.8. The lowest BCUT2D eigenvalue weighted by Gasteiger charge is -2.35. The van der Waals surface area contributed by atoms with Gasteiger partial charge in [-0.2, -0.15) is 0 Å². The molecular formula is C24H26ClFN4O2S. The molecule has 9 heteroatoms. The Labute approximate surface area is 201 Å². The van der Waals surface area contributed by atoms with Crippen LogP contribution in [0.15, 0.2) is 52.4 Å². The van der Waals surface area contributed by atoms with Gasteiger partial charge in [-0.15, -0.1) is 0 Å². The van der Waals surface area contributed by atoms with E-state index >= 15 is 0 Å². The maximum atomic E-state index is 14.1. The van der Waals surface area contributed by atoms with Gasteiger partial charge in [0.15, 0.2) is 5.16 Å². The molecule has 0 N–H and O–H groups in total. The van der Waals surface area contributed by atoms with Crippen molar-refractivity contribution in [2.24, 2.45) is 0 Å². The predicted molar refractivity (Wildman–Crippen MR) is 130 cm³/mol. The van der Waals surface area contributed by atoms with Crippen molar-refractivity contribution in [2.75, 3.05) is 31.9 Å². The van der Waals surface area contributed by atoms with E-state index in [0.29, 0.717) is 59.4 Å². The maximum absolute atomic E-state index is 14.1. The smallest absolute Gasteiger partial charge is 0.262 e. The van der Waals surface area contributed by atoms with Gasteiger partial charge in [-0.05, 0) is 38.1 Å². The van der Waals surface area contributed by atoms with Crippen LogP contribution in [0.5, 0.6) is 0 Å². The van der Waals surface area contributed by atoms with Crippen molar-refractivity contribution in [2.45, 2.75) is 31.6 Å². The minimum Gasteiger partial charge on any atom is -0.339 e. The number of benzene rings is 2. The number of rotatable bonds is 6. The van der Waals surface area contributed by atoms with Crippen LogP contribution < -0.4 is 5.56 Å². The molecule has 0 bridgehead atoms. The Bertz CT molecular complexity index is 1200. The van der Waals surface area contributed by atoms with Crippen molar-refractivity contribution in [3.63, 3.8) is 0 Å². The van der Waals surface area contributed by atoms with E-state index in [1.165, 1.54) is 17.8 Å². The summed E-state index contributed by atoms with van der Waals surface area (Å²) in [4.78, 5) is 34.4. The quantitative estimate of drug-likeness (QED) is 0.384. The van der Waals surface area contributed by atoms with Gasteiger partial charge >= 0.3 is 0 Å². The number of hydrogen-bond acceptors (Lipinski definition) is 5. The normalized spacial score (nSPS) is 14.9. The maximum Gasteiger partial charge on any atom is 0.262 e. The van der Waals surface area contributed by atoms with Gasteiger partial charge in [0.25, 0.3) is 5.56 Å². The van der Waals surface area contributed by atoms with Crippen LogP contribution in [0.4, 0.5) is 4.39 Å². The van der Waals surface area contributed by atoms with Crippen molar-refractivity contribution in [1.82, 2.24) is 19.4 Å². The Balaban J connectivity index is 1.39. The molecule has 6 nitrogen and oxygen atoms in total. The summed E-state index contributed by atoms with van der Waals surface area (Å²) in [5.41, 5.74) is 1.03. The number of para-hydroxylation sites is 1. The number of thioether (sulfide) groups is 1. The summed E-state index contributed by atoms with van der Waals surface area (Å²) in [6.07, 6.45) is 0. The van der Waals surface area contributed by atoms with Crippen LogP contribution in [-0.2, 0) is 11.3 Å². The fourth-order valence-corrected chi connectivity index (χ4v) is 5.22. The molecule has 3 aromatic rings. The number of amides is 1. The summed E-state index contributed by atoms with van der Waals surface area (Å²) in [5.74, 6) is -0.103. The third-order valence-corrected chi connectivity index (χ3v) is 7.08. The fraction of sp³-hybridized carbons (Fsp3) is 0.375. The molecule has 174 valence electrons. The first-order valence-corrected chi connectivity index (χ1v) is 12.3. The van der Waals surface area contributed by atoms with E-state index in [0.717, 1.165) is 0 Å². The minimum atomic E-state index is -0.309. The van der Waals surface area contributed by atoms with Crippen molar-refractivity contribution in [3.8, 4) is 0 Å². The molecule has 2 heterocycles. The van der Waals surface area contributed by atoms with Crippen molar-refractivity contribution >= 4 is 40.2 Å². The summed E-state index contributed by atoms with van der Waals surface area (Å²) in [6, 6.07) is 11.9. The Morgan fingerprint density at radius 3 is 2.55 bits per heavy atom. The van der Waals surface area contributed by atoms with E-state index < -0.39 is 0 Å². The van der Waals surface area contributed by atoms with Crippen LogP contribution >= 0.6 is 23.4 Å². The second-order valence-corrected chi connectivity index (χ2v) is 9.68. The number of carbonyl (C=O) groups excluding carboxylic acids is 1. The third kappa shape index (κ3) is 5.23. The van der Waals surface area contributed by atoms with E-state index in [4.69, 9.17) is 11.6 Å². The highest BCUT2D eigenvalue weighted by atomic mass is 35.5. The zero-order valence-electron chi connectivity index (χ0n) is 18.6. The third-order valence-electron chi connectivity index (χ3n) is 5.78. The SMILES string of the molecule is CC(C)n1c(SCC(=O)N2CCN(Cc3c(F)cccc3Cl)CC2)nc2ccccc2c1=O. The van der Waals surface area contributed by atoms with E-state index in [1.807, 2.05) is 36.9 Å². The molecule has 1 amide bonds. The molecule has 2 aromatic carbocycles. The van der Waals surface area contributed by atoms with Gasteiger partial charge in [0.05, 0.1) is 16.7 Å². The second-order valence-electron chi connectivity index (χ2n) is 8.33. The summed E-state index contributed by atoms with van der Waals surface area (Å²) >= 11 is 7.44. The summed E-state index contributed by atoms with van der Waals surface area (Å²) in [7, 11) is 0. The van der Waals surface area contributed by atoms with Crippen LogP contribution in [0.3, 0.4) is 0 Å². The number of halogens is 2. The second kappa shape index (κ2) is 10.2. The minimum absolute atomic E-state index is 0.00119. The topological polar surface area (TPSA) is 58.4 Å². The van der Waals surface area contributed by atoms with Crippen LogP contribution in [0.2, 0.25) is 5.02 Å². The van der Waals surface area contributed by atoms with Crippen LogP contribution in [-0.4, -0.2) is 57.2 Å². The monoisotopic (exact) mass is 488 g/mol. The summed E-state index contributed by atoms with van der Waals surface area (Å²) in [6.45, 7) is 6.71. The molecule has 4 rings (SSSR count). The van der Waals surface area contributed by atoms with Crippen LogP contribution in [0, 0.1) is 5.82 Å². The molecule has 0 unspecified atom stereocenters. The van der Waals surface area contributed by atoms with E-state index in [9.17, 15) is 14.0 Å². The molecule has 33 heavy (non-hydrogen) atoms. The molecule has 0 radical (unpaired) electrons. The molecular weight excluding hydrogens is 463 g/mol. The molecule has 0 atom stereocenters. The van der Waals surface area contributed by atoms with Gasteiger partial charge in [0.2, 0.25) is 5.91 Å². The van der Waals surface area contributed by atoms with Gasteiger partial charge in [-0.25, -0.2) is 9.37 Å². The largest absolute Gasteiger partial charge is 0.339 e. The Morgan fingerprint density at radius 2 is 1.85 bits per heavy atom. The van der Waals surface area contributed by atoms with Gasteiger partial charge in [-0.1, -0.05) is 41.6 Å². The number of fused-ring (bicyclic) bond motifs is 1. The number of nitrogens with zero attached hydrogens (tertiary/aromatic N) is 4. The lowest BCUT2D eigenvalue weighted by molar-refractivity contribution is -0.130. The van der Waals surface area contributed by atoms with Crippen LogP contribution in [0.25, 0.3) is 10.9 Å². The fourth-order valence-electron chi connectivity index (χ4n) is 3.96. The molecule has 0 saturated carbocycles. The Kier molecular flexibility index (Phi) is 7.36. The van der Waals surface area contributed by atoms with Gasteiger partial charge < -0.3 is 4.90 Å². The highest BCUT2D eigenvalue weighted by Gasteiger charge is 2.23. The Hall–Kier alpha value is -2.42. The lowest BCUT2D eigenvalue weighted by Crippen LogP contribution is -2.49. The van der Waals surface area contributed by atoms with E-state index in [2.05, 4.69) is 9.88 Å². The molecule has 1 aliphatic heterocycles. The first kappa shape index (κ1) is 23.7. The van der Waals surface area contributed by atoms with Crippen LogP contribution in [0.1, 0.15) is 25.5 Å². The average Bonchev–Trinajstić information content (AvgIpc) is 2.80. The predicted octanol–water partition coefficient (Wildman–Crippen LogP) is 4.21. The molecule has 1 aliphatic rings. The molecule has 1 fully saturated rings. The zero-order chi connectivity index (χ0) is 23.5. The van der Waals surface area contributed by atoms with Gasteiger partial charge in [0, 0.05) is 49.4 Å². The average molecular weight is 489 g/mol. The van der Waals surface area contributed by atoms with E-state index in [-0.39, 0.29) is 29.1 Å². The van der Waals surface area contributed by atoms with Gasteiger partial charge in [0.1, 0.15) is 5.82 Å². The number of hydrogen-bond donors (Lipinski definition) is 0. The number of aromatic nitrogens is 2. The summed E-state index contributed by atoms with van der Waals surface area (Å²) < 4.78 is 15.7. The number of piperazine rings is 1. The standard InChI is InChI=1S/C24H26ClFN4O2S/c1-16(2)30-23(32)17-6-3-4-9-21(17)27-24(30)33-15-22(31)29-12-10-28(11-13-29)14-18-19(25)7-5-8-20(18)26/h3-9,16H,10-15H2,1-2H3.